The molecule has 0 radical (unpaired) electrons. The predicted octanol–water partition coefficient (Wildman–Crippen LogP) is 4.04. The number of rotatable bonds is 3. The van der Waals surface area contributed by atoms with Crippen LogP contribution in [-0.2, 0) is 0 Å². The van der Waals surface area contributed by atoms with Crippen LogP contribution < -0.4 is 4.90 Å². The molecule has 0 aromatic heterocycles. The number of benzene rings is 1. The van der Waals surface area contributed by atoms with E-state index in [2.05, 4.69) is 0 Å². The van der Waals surface area contributed by atoms with Gasteiger partial charge in [-0.25, -0.2) is 4.39 Å². The molecule has 2 rings (SSSR count). The molecule has 106 valence electrons. The monoisotopic (exact) mass is 265 g/mol. The number of anilines is 1. The Kier molecular flexibility index (Phi) is 4.81. The van der Waals surface area contributed by atoms with Gasteiger partial charge in [0.1, 0.15) is 5.82 Å². The number of para-hydroxylation sites is 1. The van der Waals surface area contributed by atoms with Gasteiger partial charge in [-0.3, -0.25) is 0 Å². The molecule has 0 saturated heterocycles. The highest BCUT2D eigenvalue weighted by Crippen LogP contribution is 2.32. The zero-order chi connectivity index (χ0) is 13.8. The zero-order valence-electron chi connectivity index (χ0n) is 11.9. The van der Waals surface area contributed by atoms with Crippen LogP contribution >= 0.6 is 0 Å². The first-order valence-corrected chi connectivity index (χ1v) is 7.30. The maximum atomic E-state index is 14.2. The minimum atomic E-state index is -0.640. The van der Waals surface area contributed by atoms with Gasteiger partial charge in [0.05, 0.1) is 11.8 Å². The van der Waals surface area contributed by atoms with Crippen LogP contribution in [0.4, 0.5) is 10.1 Å². The van der Waals surface area contributed by atoms with Gasteiger partial charge in [-0.15, -0.1) is 0 Å². The Hall–Kier alpha value is -1.09. The summed E-state index contributed by atoms with van der Waals surface area (Å²) >= 11 is 0. The van der Waals surface area contributed by atoms with Gasteiger partial charge in [0.15, 0.2) is 0 Å². The molecule has 3 heteroatoms. The molecule has 1 fully saturated rings. The molecule has 1 N–H and O–H groups in total. The normalized spacial score (nSPS) is 18.9. The number of aliphatic hydroxyl groups excluding tert-OH is 1. The maximum absolute atomic E-state index is 14.2. The Bertz CT molecular complexity index is 411. The highest BCUT2D eigenvalue weighted by Gasteiger charge is 2.23. The molecule has 1 aliphatic carbocycles. The summed E-state index contributed by atoms with van der Waals surface area (Å²) in [6, 6.07) is 5.35. The highest BCUT2D eigenvalue weighted by atomic mass is 19.1. The molecule has 1 aromatic rings. The summed E-state index contributed by atoms with van der Waals surface area (Å²) in [6.07, 6.45) is 6.59. The molecule has 1 atom stereocenters. The number of aliphatic hydroxyl groups is 1. The van der Waals surface area contributed by atoms with Crippen molar-refractivity contribution in [2.75, 3.05) is 11.9 Å². The van der Waals surface area contributed by atoms with E-state index in [1.165, 1.54) is 31.7 Å². The molecule has 2 nitrogen and oxygen atoms in total. The fourth-order valence-electron chi connectivity index (χ4n) is 3.07. The van der Waals surface area contributed by atoms with E-state index < -0.39 is 6.10 Å². The van der Waals surface area contributed by atoms with Crippen LogP contribution in [-0.4, -0.2) is 18.2 Å². The minimum absolute atomic E-state index is 0.231. The fraction of sp³-hybridized carbons (Fsp3) is 0.625. The molecule has 0 spiro atoms. The van der Waals surface area contributed by atoms with E-state index in [9.17, 15) is 9.50 Å². The highest BCUT2D eigenvalue weighted by molar-refractivity contribution is 5.56. The summed E-state index contributed by atoms with van der Waals surface area (Å²) in [5.74, 6) is -0.231. The fourth-order valence-corrected chi connectivity index (χ4v) is 3.07. The van der Waals surface area contributed by atoms with Gasteiger partial charge in [0, 0.05) is 18.7 Å². The second-order valence-corrected chi connectivity index (χ2v) is 5.61. The van der Waals surface area contributed by atoms with Gasteiger partial charge in [-0.2, -0.15) is 0 Å². The van der Waals surface area contributed by atoms with Gasteiger partial charge in [0.2, 0.25) is 0 Å². The molecule has 1 aromatic carbocycles. The molecule has 0 unspecified atom stereocenters. The Morgan fingerprint density at radius 3 is 2.42 bits per heavy atom. The third-order valence-corrected chi connectivity index (χ3v) is 4.19. The molecule has 19 heavy (non-hydrogen) atoms. The van der Waals surface area contributed by atoms with Crippen molar-refractivity contribution in [3.05, 3.63) is 29.6 Å². The molecule has 0 heterocycles. The maximum Gasteiger partial charge on any atom is 0.146 e. The van der Waals surface area contributed by atoms with Crippen molar-refractivity contribution in [1.82, 2.24) is 0 Å². The van der Waals surface area contributed by atoms with Crippen LogP contribution in [0.2, 0.25) is 0 Å². The van der Waals surface area contributed by atoms with Crippen molar-refractivity contribution in [2.24, 2.45) is 0 Å². The Morgan fingerprint density at radius 2 is 1.84 bits per heavy atom. The number of halogens is 1. The standard InChI is InChI=1S/C16H24FNO/c1-12(19)14-10-7-11-15(17)16(14)18(2)13-8-5-3-4-6-9-13/h7,10-13,19H,3-6,8-9H2,1-2H3/t12-/m0/s1. The first kappa shape index (κ1) is 14.3. The van der Waals surface area contributed by atoms with E-state index in [0.29, 0.717) is 17.3 Å². The van der Waals surface area contributed by atoms with Crippen LogP contribution in [0.1, 0.15) is 57.1 Å². The second-order valence-electron chi connectivity index (χ2n) is 5.61. The average Bonchev–Trinajstić information content (AvgIpc) is 2.66. The SMILES string of the molecule is C[C@H](O)c1cccc(F)c1N(C)C1CCCCCC1. The topological polar surface area (TPSA) is 23.5 Å². The van der Waals surface area contributed by atoms with Crippen LogP contribution in [0.25, 0.3) is 0 Å². The third kappa shape index (κ3) is 3.27. The van der Waals surface area contributed by atoms with Crippen molar-refractivity contribution in [3.8, 4) is 0 Å². The van der Waals surface area contributed by atoms with Crippen molar-refractivity contribution in [3.63, 3.8) is 0 Å². The lowest BCUT2D eigenvalue weighted by atomic mass is 10.0. The van der Waals surface area contributed by atoms with E-state index in [1.807, 2.05) is 18.0 Å². The van der Waals surface area contributed by atoms with Gasteiger partial charge in [-0.05, 0) is 25.8 Å². The van der Waals surface area contributed by atoms with Gasteiger partial charge in [0.25, 0.3) is 0 Å². The summed E-state index contributed by atoms with van der Waals surface area (Å²) < 4.78 is 14.2. The zero-order valence-corrected chi connectivity index (χ0v) is 11.9. The quantitative estimate of drug-likeness (QED) is 0.834. The van der Waals surface area contributed by atoms with Crippen molar-refractivity contribution < 1.29 is 9.50 Å². The summed E-state index contributed by atoms with van der Waals surface area (Å²) in [6.45, 7) is 1.69. The van der Waals surface area contributed by atoms with E-state index in [1.54, 1.807) is 13.0 Å². The summed E-state index contributed by atoms with van der Waals surface area (Å²) in [7, 11) is 1.96. The van der Waals surface area contributed by atoms with Crippen LogP contribution in [0.3, 0.4) is 0 Å². The molecule has 0 amide bonds. The van der Waals surface area contributed by atoms with Crippen LogP contribution in [0, 0.1) is 5.82 Å². The van der Waals surface area contributed by atoms with Crippen molar-refractivity contribution in [2.45, 2.75) is 57.6 Å². The molecule has 0 bridgehead atoms. The third-order valence-electron chi connectivity index (χ3n) is 4.19. The molecule has 0 aliphatic heterocycles. The minimum Gasteiger partial charge on any atom is -0.389 e. The van der Waals surface area contributed by atoms with Crippen molar-refractivity contribution in [1.29, 1.82) is 0 Å². The summed E-state index contributed by atoms with van der Waals surface area (Å²) in [5, 5.41) is 9.84. The lowest BCUT2D eigenvalue weighted by molar-refractivity contribution is 0.199. The molecular weight excluding hydrogens is 241 g/mol. The Balaban J connectivity index is 2.28. The smallest absolute Gasteiger partial charge is 0.146 e. The molecular formula is C16H24FNO. The number of hydrogen-bond acceptors (Lipinski definition) is 2. The first-order valence-electron chi connectivity index (χ1n) is 7.30. The van der Waals surface area contributed by atoms with Crippen LogP contribution in [0.5, 0.6) is 0 Å². The number of nitrogens with zero attached hydrogens (tertiary/aromatic N) is 1. The van der Waals surface area contributed by atoms with E-state index in [4.69, 9.17) is 0 Å². The lowest BCUT2D eigenvalue weighted by Gasteiger charge is -2.32. The van der Waals surface area contributed by atoms with Gasteiger partial charge >= 0.3 is 0 Å². The van der Waals surface area contributed by atoms with Gasteiger partial charge in [-0.1, -0.05) is 37.8 Å². The molecule has 1 saturated carbocycles. The largest absolute Gasteiger partial charge is 0.389 e. The Labute approximate surface area is 115 Å². The van der Waals surface area contributed by atoms with E-state index >= 15 is 0 Å². The Morgan fingerprint density at radius 1 is 1.21 bits per heavy atom. The van der Waals surface area contributed by atoms with Crippen molar-refractivity contribution >= 4 is 5.69 Å². The average molecular weight is 265 g/mol. The second kappa shape index (κ2) is 6.38. The molecule has 1 aliphatic rings. The first-order chi connectivity index (χ1) is 9.11. The number of hydrogen-bond donors (Lipinski definition) is 1. The summed E-state index contributed by atoms with van der Waals surface area (Å²) in [4.78, 5) is 2.04. The van der Waals surface area contributed by atoms with E-state index in [-0.39, 0.29) is 5.82 Å². The summed E-state index contributed by atoms with van der Waals surface area (Å²) in [5.41, 5.74) is 1.26. The van der Waals surface area contributed by atoms with Gasteiger partial charge < -0.3 is 10.0 Å². The lowest BCUT2D eigenvalue weighted by Crippen LogP contribution is -2.32. The van der Waals surface area contributed by atoms with Crippen LogP contribution in [0.15, 0.2) is 18.2 Å². The van der Waals surface area contributed by atoms with E-state index in [0.717, 1.165) is 12.8 Å². The predicted molar refractivity (Wildman–Crippen MR) is 76.9 cm³/mol.